The summed E-state index contributed by atoms with van der Waals surface area (Å²) in [4.78, 5) is 15.2. The molecule has 2 aromatic carbocycles. The Hall–Kier alpha value is -0.930. The fraction of sp³-hybridized carbons (Fsp3) is 0.400. The average molecular weight is 1090 g/mol. The van der Waals surface area contributed by atoms with Gasteiger partial charge in [0.1, 0.15) is 28.3 Å². The Morgan fingerprint density at radius 2 is 1.55 bits per heavy atom. The number of pyridine rings is 1. The van der Waals surface area contributed by atoms with Crippen molar-refractivity contribution in [3.05, 3.63) is 116 Å². The molecule has 1 aromatic heterocycles. The molecule has 0 fully saturated rings. The zero-order valence-electron chi connectivity index (χ0n) is 41.5. The van der Waals surface area contributed by atoms with E-state index in [2.05, 4.69) is 9.37 Å². The molecule has 71 heavy (non-hydrogen) atoms. The number of aromatic nitrogens is 1. The van der Waals surface area contributed by atoms with Crippen molar-refractivity contribution in [3.63, 3.8) is 0 Å². The minimum absolute atomic E-state index is 0. The topological polar surface area (TPSA) is 285 Å². The fourth-order valence-corrected chi connectivity index (χ4v) is 11.2. The standard InChI is InChI=1S/C45H52N4O14S4.4Na/c1-28-33(27-46)42(50)47(6)43(51)40(28)41-29(13-19-38-44(2,3)34-25-31(64-63-62-52)15-17-36(34)48(38)21-7-9-23-65(53,54)55)11-12-30(41)14-20-39-45(4,5)35-26-32(67(59,60)61)16-18-37(35)49(39)22-8-10-24-66(56,57)58;;;;/h13-20,25-26H,7-12,21-24H2,1-6H3,(H4,52,53,54,55,56,57,58,59,60,61);;;;/q;4*+1/p-3/b30-14?,39-20+;;;;. The van der Waals surface area contributed by atoms with Gasteiger partial charge in [0.15, 0.2) is 5.71 Å². The molecule has 18 nitrogen and oxygen atoms in total. The molecule has 0 bridgehead atoms. The Morgan fingerprint density at radius 1 is 0.887 bits per heavy atom. The summed E-state index contributed by atoms with van der Waals surface area (Å²) in [5, 5.41) is 38.6. The van der Waals surface area contributed by atoms with Crippen LogP contribution in [0.3, 0.4) is 0 Å². The number of allylic oxidation sites excluding steroid dienone is 8. The van der Waals surface area contributed by atoms with Crippen molar-refractivity contribution >= 4 is 65.1 Å². The van der Waals surface area contributed by atoms with Gasteiger partial charge < -0.3 is 28.9 Å². The summed E-state index contributed by atoms with van der Waals surface area (Å²) in [5.74, 6) is -1.64. The molecule has 2 aliphatic heterocycles. The van der Waals surface area contributed by atoms with Gasteiger partial charge in [-0.05, 0) is 129 Å². The van der Waals surface area contributed by atoms with Gasteiger partial charge in [-0.3, -0.25) is 14.4 Å². The van der Waals surface area contributed by atoms with E-state index in [-0.39, 0.29) is 161 Å². The van der Waals surface area contributed by atoms with Gasteiger partial charge >= 0.3 is 118 Å². The first kappa shape index (κ1) is 66.2. The Bertz CT molecular complexity index is 3140. The normalized spacial score (nSPS) is 17.2. The van der Waals surface area contributed by atoms with Crippen molar-refractivity contribution < 1.29 is 181 Å². The number of nitrogens with zero attached hydrogens (tertiary/aromatic N) is 4. The minimum Gasteiger partial charge on any atom is -0.860 e. The summed E-state index contributed by atoms with van der Waals surface area (Å²) in [6.07, 6.45) is 9.03. The minimum atomic E-state index is -4.84. The van der Waals surface area contributed by atoms with Crippen LogP contribution < -0.4 is 139 Å². The second-order valence-corrected chi connectivity index (χ2v) is 22.8. The molecule has 0 atom stereocenters. The van der Waals surface area contributed by atoms with Crippen molar-refractivity contribution in [1.29, 1.82) is 5.26 Å². The molecule has 3 aromatic rings. The van der Waals surface area contributed by atoms with Crippen molar-refractivity contribution in [3.8, 4) is 11.9 Å². The van der Waals surface area contributed by atoms with Gasteiger partial charge in [0.05, 0.1) is 38.2 Å². The van der Waals surface area contributed by atoms with Crippen LogP contribution in [0.25, 0.3) is 5.57 Å². The summed E-state index contributed by atoms with van der Waals surface area (Å²) in [6.45, 7) is 9.76. The molecule has 0 radical (unpaired) electrons. The third kappa shape index (κ3) is 15.0. The third-order valence-electron chi connectivity index (χ3n) is 12.6. The van der Waals surface area contributed by atoms with Crippen LogP contribution >= 0.6 is 12.0 Å². The van der Waals surface area contributed by atoms with E-state index in [0.717, 1.165) is 33.6 Å². The number of anilines is 1. The molecule has 0 amide bonds. The van der Waals surface area contributed by atoms with Crippen molar-refractivity contribution in [2.75, 3.05) is 29.5 Å². The Morgan fingerprint density at radius 3 is 2.15 bits per heavy atom. The molecule has 26 heteroatoms. The summed E-state index contributed by atoms with van der Waals surface area (Å²) < 4.78 is 111. The Balaban J connectivity index is 0.00000432. The van der Waals surface area contributed by atoms with Gasteiger partial charge in [0.25, 0.3) is 15.7 Å². The molecule has 360 valence electrons. The van der Waals surface area contributed by atoms with Gasteiger partial charge in [-0.2, -0.15) is 22.6 Å². The van der Waals surface area contributed by atoms with Gasteiger partial charge in [0.2, 0.25) is 5.69 Å². The van der Waals surface area contributed by atoms with E-state index >= 15 is 0 Å². The molecule has 0 spiro atoms. The van der Waals surface area contributed by atoms with E-state index in [1.165, 1.54) is 25.2 Å². The molecule has 3 aliphatic rings. The van der Waals surface area contributed by atoms with Crippen molar-refractivity contribution in [2.45, 2.75) is 93.8 Å². The smallest absolute Gasteiger partial charge is 0.860 e. The van der Waals surface area contributed by atoms with Gasteiger partial charge in [-0.1, -0.05) is 26.0 Å². The van der Waals surface area contributed by atoms with Gasteiger partial charge in [-0.25, -0.2) is 16.8 Å². The van der Waals surface area contributed by atoms with E-state index in [0.29, 0.717) is 64.4 Å². The number of fused-ring (bicyclic) bond motifs is 2. The summed E-state index contributed by atoms with van der Waals surface area (Å²) in [7, 11) is -12.2. The van der Waals surface area contributed by atoms with E-state index in [1.54, 1.807) is 13.0 Å². The maximum absolute atomic E-state index is 14.2. The van der Waals surface area contributed by atoms with Crippen LogP contribution in [-0.4, -0.2) is 78.4 Å². The number of unbranched alkanes of at least 4 members (excludes halogenated alkanes) is 2. The van der Waals surface area contributed by atoms with Gasteiger partial charge in [-0.15, -0.1) is 0 Å². The second-order valence-electron chi connectivity index (χ2n) is 17.6. The number of nitriles is 1. The Labute approximate surface area is 507 Å². The van der Waals surface area contributed by atoms with Crippen molar-refractivity contribution in [1.82, 2.24) is 4.57 Å². The van der Waals surface area contributed by atoms with E-state index in [4.69, 9.17) is 0 Å². The number of rotatable bonds is 18. The van der Waals surface area contributed by atoms with Crippen LogP contribution in [0.2, 0.25) is 0 Å². The largest absolute Gasteiger partial charge is 1.00 e. The summed E-state index contributed by atoms with van der Waals surface area (Å²) >= 11 is 0.727. The maximum atomic E-state index is 14.2. The molecule has 6 rings (SSSR count). The van der Waals surface area contributed by atoms with Crippen LogP contribution in [-0.2, 0) is 57.6 Å². The van der Waals surface area contributed by atoms with Crippen LogP contribution in [0.1, 0.15) is 94.0 Å². The summed E-state index contributed by atoms with van der Waals surface area (Å²) in [5.41, 5.74) is 3.71. The monoisotopic (exact) mass is 1090 g/mol. The van der Waals surface area contributed by atoms with E-state index in [1.807, 2.05) is 79.7 Å². The molecule has 1 N–H and O–H groups in total. The van der Waals surface area contributed by atoms with E-state index in [9.17, 15) is 59.3 Å². The zero-order valence-corrected chi connectivity index (χ0v) is 52.8. The number of benzene rings is 2. The maximum Gasteiger partial charge on any atom is 1.00 e. The molecule has 0 unspecified atom stereocenters. The zero-order chi connectivity index (χ0) is 49.4. The predicted molar refractivity (Wildman–Crippen MR) is 244 cm³/mol. The van der Waals surface area contributed by atoms with Crippen LogP contribution in [0, 0.1) is 18.3 Å². The van der Waals surface area contributed by atoms with Crippen LogP contribution in [0.4, 0.5) is 11.4 Å². The summed E-state index contributed by atoms with van der Waals surface area (Å²) in [6, 6.07) is 11.4. The molecular formula is C45H49N4Na4O14S4+. The quantitative estimate of drug-likeness (QED) is 0.0236. The number of hydrogen-bond acceptors (Lipinski definition) is 16. The second kappa shape index (κ2) is 26.4. The third-order valence-corrected chi connectivity index (χ3v) is 15.6. The average Bonchev–Trinajstić information content (AvgIpc) is 3.80. The molecule has 0 saturated heterocycles. The molecular weight excluding hydrogens is 1040 g/mol. The first-order valence-corrected chi connectivity index (χ1v) is 26.4. The predicted octanol–water partition coefficient (Wildman–Crippen LogP) is -7.43. The van der Waals surface area contributed by atoms with E-state index < -0.39 is 69.0 Å². The first-order chi connectivity index (χ1) is 31.2. The molecule has 1 aliphatic carbocycles. The first-order valence-electron chi connectivity index (χ1n) is 21.1. The fourth-order valence-electron chi connectivity index (χ4n) is 9.19. The SMILES string of the molecule is Cc1c(C2=C(C=CC3=[N+](CCCCS(=O)(=O)O)c4ccc(SOO[O-])cc4C3(C)C)CCC2=C/C=C2/N(CCCCS(=O)(=O)[O-])c3ccc(S(=O)(=O)[O-])cc3C2(C)C)c([O-])n(C)c(=O)c1C#N.[Na+].[Na+].[Na+].[Na+]. The molecule has 0 saturated carbocycles. The van der Waals surface area contributed by atoms with Crippen LogP contribution in [0.5, 0.6) is 5.88 Å². The molecule has 3 heterocycles. The van der Waals surface area contributed by atoms with Crippen molar-refractivity contribution in [2.24, 2.45) is 7.05 Å². The Kier molecular flexibility index (Phi) is 24.6. The van der Waals surface area contributed by atoms with Crippen LogP contribution in [0.15, 0.2) is 92.1 Å². The number of hydrogen-bond donors (Lipinski definition) is 1. The van der Waals surface area contributed by atoms with Gasteiger partial charge in [0, 0.05) is 65.2 Å².